The Balaban J connectivity index is 1.75. The van der Waals surface area contributed by atoms with Crippen molar-refractivity contribution in [3.8, 4) is 22.8 Å². The minimum absolute atomic E-state index is 0.313. The van der Waals surface area contributed by atoms with Crippen LogP contribution in [0.1, 0.15) is 0 Å². The Kier molecular flexibility index (Phi) is 4.94. The molecule has 2 heterocycles. The first kappa shape index (κ1) is 19.6. The molecule has 4 aromatic rings. The number of anilines is 2. The summed E-state index contributed by atoms with van der Waals surface area (Å²) in [5.74, 6) is 0.308. The fourth-order valence-electron chi connectivity index (χ4n) is 3.18. The summed E-state index contributed by atoms with van der Waals surface area (Å²) in [6, 6.07) is 13.2. The van der Waals surface area contributed by atoms with Gasteiger partial charge in [0.25, 0.3) is 0 Å². The maximum atomic E-state index is 12.6. The van der Waals surface area contributed by atoms with Gasteiger partial charge in [-0.25, -0.2) is 0 Å². The van der Waals surface area contributed by atoms with Crippen molar-refractivity contribution in [1.29, 1.82) is 0 Å². The zero-order chi connectivity index (χ0) is 21.3. The van der Waals surface area contributed by atoms with Crippen LogP contribution in [0.25, 0.3) is 22.2 Å². The van der Waals surface area contributed by atoms with E-state index in [0.717, 1.165) is 11.3 Å². The molecule has 4 rings (SSSR count). The van der Waals surface area contributed by atoms with Crippen LogP contribution in [0.3, 0.4) is 0 Å². The molecule has 0 fully saturated rings. The maximum absolute atomic E-state index is 12.6. The fraction of sp³-hybridized carbons (Fsp3) is 0.143. The molecule has 0 unspecified atom stereocenters. The number of nitrogens with one attached hydrogen (secondary N) is 1. The van der Waals surface area contributed by atoms with Crippen molar-refractivity contribution in [3.63, 3.8) is 0 Å². The van der Waals surface area contributed by atoms with Gasteiger partial charge in [0.1, 0.15) is 11.5 Å². The highest BCUT2D eigenvalue weighted by molar-refractivity contribution is 5.94. The van der Waals surface area contributed by atoms with E-state index >= 15 is 0 Å². The van der Waals surface area contributed by atoms with Gasteiger partial charge in [-0.2, -0.15) is 5.10 Å². The van der Waals surface area contributed by atoms with Crippen LogP contribution < -0.4 is 14.8 Å². The van der Waals surface area contributed by atoms with Gasteiger partial charge in [-0.15, -0.1) is 13.2 Å². The molecular formula is C21H17F3N4O2. The van der Waals surface area contributed by atoms with Crippen molar-refractivity contribution < 1.29 is 22.6 Å². The van der Waals surface area contributed by atoms with Crippen molar-refractivity contribution in [2.75, 3.05) is 12.4 Å². The van der Waals surface area contributed by atoms with Crippen LogP contribution >= 0.6 is 0 Å². The fourth-order valence-corrected chi connectivity index (χ4v) is 3.18. The summed E-state index contributed by atoms with van der Waals surface area (Å²) >= 11 is 0. The van der Waals surface area contributed by atoms with Gasteiger partial charge in [-0.3, -0.25) is 9.67 Å². The Hall–Kier alpha value is -3.75. The molecule has 0 bridgehead atoms. The zero-order valence-electron chi connectivity index (χ0n) is 16.1. The van der Waals surface area contributed by atoms with Crippen molar-refractivity contribution in [1.82, 2.24) is 14.8 Å². The molecule has 0 aliphatic rings. The number of hydrogen-bond acceptors (Lipinski definition) is 5. The van der Waals surface area contributed by atoms with Gasteiger partial charge in [-0.05, 0) is 42.5 Å². The topological polar surface area (TPSA) is 61.2 Å². The molecule has 0 saturated carbocycles. The molecule has 0 spiro atoms. The van der Waals surface area contributed by atoms with Crippen molar-refractivity contribution in [3.05, 3.63) is 60.9 Å². The second-order valence-corrected chi connectivity index (χ2v) is 6.50. The molecule has 0 radical (unpaired) electrons. The van der Waals surface area contributed by atoms with Gasteiger partial charge in [0.15, 0.2) is 0 Å². The number of hydrogen-bond donors (Lipinski definition) is 1. The average Bonchev–Trinajstić information content (AvgIpc) is 3.13. The third-order valence-electron chi connectivity index (χ3n) is 4.48. The number of nitrogens with zero attached hydrogens (tertiary/aromatic N) is 3. The number of halogens is 3. The van der Waals surface area contributed by atoms with Gasteiger partial charge in [0.2, 0.25) is 0 Å². The zero-order valence-corrected chi connectivity index (χ0v) is 16.1. The molecule has 2 aromatic heterocycles. The van der Waals surface area contributed by atoms with Crippen LogP contribution in [0.5, 0.6) is 11.5 Å². The molecule has 154 valence electrons. The lowest BCUT2D eigenvalue weighted by atomic mass is 10.1. The van der Waals surface area contributed by atoms with E-state index in [1.165, 1.54) is 18.2 Å². The molecule has 0 aliphatic carbocycles. The van der Waals surface area contributed by atoms with E-state index in [1.54, 1.807) is 36.3 Å². The molecule has 30 heavy (non-hydrogen) atoms. The molecule has 0 saturated heterocycles. The molecule has 0 amide bonds. The largest absolute Gasteiger partial charge is 0.573 e. The summed E-state index contributed by atoms with van der Waals surface area (Å²) < 4.78 is 49.0. The van der Waals surface area contributed by atoms with Crippen LogP contribution in [0.15, 0.2) is 60.9 Å². The number of fused-ring (bicyclic) bond motifs is 1. The number of benzene rings is 2. The van der Waals surface area contributed by atoms with E-state index in [1.807, 2.05) is 25.2 Å². The number of alkyl halides is 3. The maximum Gasteiger partial charge on any atom is 0.573 e. The minimum Gasteiger partial charge on any atom is -0.497 e. The number of ether oxygens (including phenoxy) is 2. The summed E-state index contributed by atoms with van der Waals surface area (Å²) in [5.41, 5.74) is 3.56. The van der Waals surface area contributed by atoms with Gasteiger partial charge in [0.05, 0.1) is 18.3 Å². The second-order valence-electron chi connectivity index (χ2n) is 6.50. The summed E-state index contributed by atoms with van der Waals surface area (Å²) in [7, 11) is 3.40. The van der Waals surface area contributed by atoms with E-state index in [4.69, 9.17) is 4.74 Å². The molecule has 6 nitrogen and oxygen atoms in total. The Morgan fingerprint density at radius 3 is 2.50 bits per heavy atom. The molecule has 0 atom stereocenters. The first-order valence-electron chi connectivity index (χ1n) is 8.91. The summed E-state index contributed by atoms with van der Waals surface area (Å²) in [6.07, 6.45) is -1.49. The Bertz CT molecular complexity index is 1200. The van der Waals surface area contributed by atoms with Crippen molar-refractivity contribution in [2.45, 2.75) is 6.36 Å². The van der Waals surface area contributed by atoms with Crippen LogP contribution in [0.2, 0.25) is 0 Å². The van der Waals surface area contributed by atoms with Gasteiger partial charge in [0, 0.05) is 47.8 Å². The SMILES string of the molecule is COc1cc(Nc2ccnc3ccc(OC(F)(F)F)cc23)cc(-c2ccnn2C)c1. The van der Waals surface area contributed by atoms with E-state index in [0.29, 0.717) is 28.0 Å². The highest BCUT2D eigenvalue weighted by Gasteiger charge is 2.31. The quantitative estimate of drug-likeness (QED) is 0.481. The normalized spacial score (nSPS) is 11.5. The first-order chi connectivity index (χ1) is 14.3. The minimum atomic E-state index is -4.77. The Morgan fingerprint density at radius 1 is 0.967 bits per heavy atom. The van der Waals surface area contributed by atoms with Crippen LogP contribution in [-0.4, -0.2) is 28.2 Å². The van der Waals surface area contributed by atoms with Crippen molar-refractivity contribution in [2.24, 2.45) is 7.05 Å². The van der Waals surface area contributed by atoms with Gasteiger partial charge < -0.3 is 14.8 Å². The van der Waals surface area contributed by atoms with Crippen molar-refractivity contribution >= 4 is 22.3 Å². The third-order valence-corrected chi connectivity index (χ3v) is 4.48. The summed E-state index contributed by atoms with van der Waals surface area (Å²) in [6.45, 7) is 0. The summed E-state index contributed by atoms with van der Waals surface area (Å²) in [4.78, 5) is 4.21. The first-order valence-corrected chi connectivity index (χ1v) is 8.91. The average molecular weight is 414 g/mol. The lowest BCUT2D eigenvalue weighted by Crippen LogP contribution is -2.17. The van der Waals surface area contributed by atoms with E-state index in [-0.39, 0.29) is 5.75 Å². The van der Waals surface area contributed by atoms with Crippen LogP contribution in [-0.2, 0) is 7.05 Å². The van der Waals surface area contributed by atoms with Gasteiger partial charge in [-0.1, -0.05) is 0 Å². The lowest BCUT2D eigenvalue weighted by Gasteiger charge is -2.14. The van der Waals surface area contributed by atoms with Crippen LogP contribution in [0, 0.1) is 0 Å². The molecule has 2 aromatic carbocycles. The molecule has 0 aliphatic heterocycles. The van der Waals surface area contributed by atoms with E-state index < -0.39 is 6.36 Å². The Morgan fingerprint density at radius 2 is 1.80 bits per heavy atom. The number of aryl methyl sites for hydroxylation is 1. The Labute approximate surface area is 169 Å². The smallest absolute Gasteiger partial charge is 0.497 e. The molecule has 9 heteroatoms. The van der Waals surface area contributed by atoms with E-state index in [2.05, 4.69) is 20.1 Å². The summed E-state index contributed by atoms with van der Waals surface area (Å²) in [5, 5.41) is 7.92. The van der Waals surface area contributed by atoms with Gasteiger partial charge >= 0.3 is 6.36 Å². The number of aromatic nitrogens is 3. The second kappa shape index (κ2) is 7.58. The monoisotopic (exact) mass is 414 g/mol. The number of rotatable bonds is 5. The number of methoxy groups -OCH3 is 1. The lowest BCUT2D eigenvalue weighted by molar-refractivity contribution is -0.274. The number of pyridine rings is 1. The highest BCUT2D eigenvalue weighted by atomic mass is 19.4. The predicted octanol–water partition coefficient (Wildman–Crippen LogP) is 5.29. The van der Waals surface area contributed by atoms with E-state index in [9.17, 15) is 13.2 Å². The highest BCUT2D eigenvalue weighted by Crippen LogP contribution is 2.34. The third kappa shape index (κ3) is 4.14. The van der Waals surface area contributed by atoms with Crippen LogP contribution in [0.4, 0.5) is 24.5 Å². The predicted molar refractivity (Wildman–Crippen MR) is 107 cm³/mol. The molecular weight excluding hydrogens is 397 g/mol. The molecule has 1 N–H and O–H groups in total. The standard InChI is InChI=1S/C21H17F3N4O2/c1-28-20(6-8-26-28)13-9-14(11-16(10-13)29-2)27-19-5-7-25-18-4-3-15(12-17(18)19)30-21(22,23)24/h3-12H,1-2H3,(H,25,27).